The normalized spacial score (nSPS) is 15.2. The van der Waals surface area contributed by atoms with Crippen LogP contribution in [0.1, 0.15) is 10.4 Å². The maximum atomic E-state index is 13.4. The van der Waals surface area contributed by atoms with Gasteiger partial charge in [-0.2, -0.15) is 4.31 Å². The highest BCUT2D eigenvalue weighted by molar-refractivity contribution is 7.89. The van der Waals surface area contributed by atoms with Gasteiger partial charge in [0.15, 0.2) is 0 Å². The summed E-state index contributed by atoms with van der Waals surface area (Å²) in [5.41, 5.74) is 0.271. The summed E-state index contributed by atoms with van der Waals surface area (Å²) >= 11 is 5.96. The van der Waals surface area contributed by atoms with Gasteiger partial charge in [-0.25, -0.2) is 12.8 Å². The van der Waals surface area contributed by atoms with Crippen LogP contribution in [0.5, 0.6) is 0 Å². The van der Waals surface area contributed by atoms with Crippen LogP contribution in [0.3, 0.4) is 0 Å². The van der Waals surface area contributed by atoms with E-state index in [-0.39, 0.29) is 54.1 Å². The van der Waals surface area contributed by atoms with E-state index in [2.05, 4.69) is 5.32 Å². The predicted octanol–water partition coefficient (Wildman–Crippen LogP) is 1.74. The van der Waals surface area contributed by atoms with Gasteiger partial charge in [0.2, 0.25) is 15.9 Å². The van der Waals surface area contributed by atoms with Crippen molar-refractivity contribution in [3.8, 4) is 0 Å². The van der Waals surface area contributed by atoms with Gasteiger partial charge in [-0.1, -0.05) is 29.8 Å². The molecule has 10 heteroatoms. The highest BCUT2D eigenvalue weighted by Crippen LogP contribution is 2.18. The van der Waals surface area contributed by atoms with E-state index in [1.54, 1.807) is 24.3 Å². The first-order chi connectivity index (χ1) is 13.8. The minimum atomic E-state index is -3.83. The van der Waals surface area contributed by atoms with Gasteiger partial charge in [-0.15, -0.1) is 0 Å². The topological polar surface area (TPSA) is 86.8 Å². The van der Waals surface area contributed by atoms with Gasteiger partial charge in [-0.05, 0) is 30.3 Å². The van der Waals surface area contributed by atoms with Crippen LogP contribution in [0.15, 0.2) is 53.4 Å². The largest absolute Gasteiger partial charge is 0.343 e. The monoisotopic (exact) mass is 439 g/mol. The van der Waals surface area contributed by atoms with Gasteiger partial charge < -0.3 is 10.2 Å². The molecule has 0 bridgehead atoms. The number of nitrogens with one attached hydrogen (secondary N) is 1. The second-order valence-electron chi connectivity index (χ2n) is 6.40. The van der Waals surface area contributed by atoms with Crippen molar-refractivity contribution in [2.24, 2.45) is 0 Å². The minimum Gasteiger partial charge on any atom is -0.343 e. The molecule has 0 radical (unpaired) electrons. The fourth-order valence-electron chi connectivity index (χ4n) is 2.96. The SMILES string of the molecule is O=C(NCC(=O)N1CCN(S(=O)(=O)c2cccc(F)c2)CC1)c1ccccc1Cl. The fourth-order valence-corrected chi connectivity index (χ4v) is 4.64. The average molecular weight is 440 g/mol. The first-order valence-corrected chi connectivity index (χ1v) is 10.7. The van der Waals surface area contributed by atoms with Crippen LogP contribution in [0.25, 0.3) is 0 Å². The molecular weight excluding hydrogens is 421 g/mol. The average Bonchev–Trinajstić information content (AvgIpc) is 2.72. The van der Waals surface area contributed by atoms with E-state index in [9.17, 15) is 22.4 Å². The Morgan fingerprint density at radius 2 is 1.72 bits per heavy atom. The number of hydrogen-bond acceptors (Lipinski definition) is 4. The van der Waals surface area contributed by atoms with Gasteiger partial charge in [0.1, 0.15) is 5.82 Å². The van der Waals surface area contributed by atoms with Crippen LogP contribution in [0, 0.1) is 5.82 Å². The third-order valence-corrected chi connectivity index (χ3v) is 6.77. The molecule has 1 saturated heterocycles. The van der Waals surface area contributed by atoms with Gasteiger partial charge >= 0.3 is 0 Å². The van der Waals surface area contributed by atoms with Gasteiger partial charge in [-0.3, -0.25) is 9.59 Å². The number of rotatable bonds is 5. The van der Waals surface area contributed by atoms with Crippen molar-refractivity contribution in [3.05, 3.63) is 64.9 Å². The summed E-state index contributed by atoms with van der Waals surface area (Å²) in [5, 5.41) is 2.81. The number of amides is 2. The van der Waals surface area contributed by atoms with E-state index >= 15 is 0 Å². The summed E-state index contributed by atoms with van der Waals surface area (Å²) in [5.74, 6) is -1.42. The van der Waals surface area contributed by atoms with Crippen molar-refractivity contribution < 1.29 is 22.4 Å². The molecule has 29 heavy (non-hydrogen) atoms. The lowest BCUT2D eigenvalue weighted by atomic mass is 10.2. The zero-order valence-electron chi connectivity index (χ0n) is 15.3. The first kappa shape index (κ1) is 21.2. The molecule has 0 aromatic heterocycles. The van der Waals surface area contributed by atoms with E-state index in [0.717, 1.165) is 6.07 Å². The van der Waals surface area contributed by atoms with Crippen molar-refractivity contribution in [2.75, 3.05) is 32.7 Å². The lowest BCUT2D eigenvalue weighted by Crippen LogP contribution is -2.52. The van der Waals surface area contributed by atoms with Crippen LogP contribution in [0.2, 0.25) is 5.02 Å². The summed E-state index contributed by atoms with van der Waals surface area (Å²) in [7, 11) is -3.83. The molecule has 7 nitrogen and oxygen atoms in total. The van der Waals surface area contributed by atoms with Crippen LogP contribution < -0.4 is 5.32 Å². The summed E-state index contributed by atoms with van der Waals surface area (Å²) in [6.45, 7) is 0.303. The smallest absolute Gasteiger partial charge is 0.253 e. The van der Waals surface area contributed by atoms with Crippen LogP contribution in [0.4, 0.5) is 4.39 Å². The number of carbonyl (C=O) groups is 2. The Kier molecular flexibility index (Phi) is 6.51. The Morgan fingerprint density at radius 3 is 2.38 bits per heavy atom. The Balaban J connectivity index is 1.54. The molecule has 0 unspecified atom stereocenters. The molecule has 1 fully saturated rings. The highest BCUT2D eigenvalue weighted by atomic mass is 35.5. The Morgan fingerprint density at radius 1 is 1.03 bits per heavy atom. The van der Waals surface area contributed by atoms with E-state index < -0.39 is 21.7 Å². The molecule has 0 spiro atoms. The number of hydrogen-bond donors (Lipinski definition) is 1. The molecule has 2 aromatic rings. The van der Waals surface area contributed by atoms with Crippen molar-refractivity contribution in [1.82, 2.24) is 14.5 Å². The standard InChI is InChI=1S/C19H19ClFN3O4S/c20-17-7-2-1-6-16(17)19(26)22-13-18(25)23-8-10-24(11-9-23)29(27,28)15-5-3-4-14(21)12-15/h1-7,12H,8-11,13H2,(H,22,26). The molecule has 3 rings (SSSR count). The maximum absolute atomic E-state index is 13.4. The van der Waals surface area contributed by atoms with Crippen LogP contribution in [-0.4, -0.2) is 62.2 Å². The Bertz CT molecular complexity index is 1020. The highest BCUT2D eigenvalue weighted by Gasteiger charge is 2.30. The first-order valence-electron chi connectivity index (χ1n) is 8.85. The molecule has 0 atom stereocenters. The molecule has 0 aliphatic carbocycles. The summed E-state index contributed by atoms with van der Waals surface area (Å²) < 4.78 is 39.8. The second-order valence-corrected chi connectivity index (χ2v) is 8.75. The van der Waals surface area contributed by atoms with Crippen LogP contribution >= 0.6 is 11.6 Å². The number of sulfonamides is 1. The molecule has 1 aliphatic heterocycles. The Hall–Kier alpha value is -2.49. The number of carbonyl (C=O) groups excluding carboxylic acids is 2. The molecule has 1 N–H and O–H groups in total. The number of piperazine rings is 1. The molecular formula is C19H19ClFN3O4S. The molecule has 154 valence electrons. The van der Waals surface area contributed by atoms with E-state index in [4.69, 9.17) is 11.6 Å². The second kappa shape index (κ2) is 8.89. The summed E-state index contributed by atoms with van der Waals surface area (Å²) in [6, 6.07) is 11.3. The lowest BCUT2D eigenvalue weighted by Gasteiger charge is -2.34. The van der Waals surface area contributed by atoms with E-state index in [0.29, 0.717) is 0 Å². The van der Waals surface area contributed by atoms with Gasteiger partial charge in [0.05, 0.1) is 22.0 Å². The van der Waals surface area contributed by atoms with E-state index in [1.807, 2.05) is 0 Å². The third-order valence-electron chi connectivity index (χ3n) is 4.54. The maximum Gasteiger partial charge on any atom is 0.253 e. The van der Waals surface area contributed by atoms with Crippen molar-refractivity contribution in [2.45, 2.75) is 4.90 Å². The van der Waals surface area contributed by atoms with Crippen molar-refractivity contribution in [3.63, 3.8) is 0 Å². The Labute approximate surface area is 173 Å². The van der Waals surface area contributed by atoms with Gasteiger partial charge in [0, 0.05) is 26.2 Å². The quantitative estimate of drug-likeness (QED) is 0.768. The van der Waals surface area contributed by atoms with Crippen molar-refractivity contribution in [1.29, 1.82) is 0 Å². The number of nitrogens with zero attached hydrogens (tertiary/aromatic N) is 2. The zero-order chi connectivity index (χ0) is 21.0. The molecule has 1 aliphatic rings. The van der Waals surface area contributed by atoms with Crippen LogP contribution in [-0.2, 0) is 14.8 Å². The molecule has 2 aromatic carbocycles. The van der Waals surface area contributed by atoms with Crippen molar-refractivity contribution >= 4 is 33.4 Å². The number of benzene rings is 2. The zero-order valence-corrected chi connectivity index (χ0v) is 16.9. The summed E-state index contributed by atoms with van der Waals surface area (Å²) in [6.07, 6.45) is 0. The van der Waals surface area contributed by atoms with Gasteiger partial charge in [0.25, 0.3) is 5.91 Å². The molecule has 2 amide bonds. The third kappa shape index (κ3) is 4.92. The number of halogens is 2. The molecule has 0 saturated carbocycles. The van der Waals surface area contributed by atoms with E-state index in [1.165, 1.54) is 27.4 Å². The fraction of sp³-hybridized carbons (Fsp3) is 0.263. The lowest BCUT2D eigenvalue weighted by molar-refractivity contribution is -0.131. The minimum absolute atomic E-state index is 0.0864. The molecule has 1 heterocycles. The summed E-state index contributed by atoms with van der Waals surface area (Å²) in [4.78, 5) is 25.8. The predicted molar refractivity (Wildman–Crippen MR) is 106 cm³/mol.